The van der Waals surface area contributed by atoms with Crippen LogP contribution >= 0.6 is 0 Å². The van der Waals surface area contributed by atoms with Gasteiger partial charge in [0.25, 0.3) is 0 Å². The third kappa shape index (κ3) is 4.23. The second kappa shape index (κ2) is 7.69. The average molecular weight is 398 g/mol. The molecule has 27 heavy (non-hydrogen) atoms. The Morgan fingerprint density at radius 2 is 2.04 bits per heavy atom. The molecule has 8 heteroatoms. The van der Waals surface area contributed by atoms with E-state index in [-0.39, 0.29) is 24.2 Å². The van der Waals surface area contributed by atoms with Gasteiger partial charge in [0.05, 0.1) is 36.4 Å². The number of aryl methyl sites for hydroxylation is 1. The lowest BCUT2D eigenvalue weighted by atomic mass is 9.94. The molecule has 2 aliphatic rings. The highest BCUT2D eigenvalue weighted by molar-refractivity contribution is 7.91. The molecule has 1 spiro atoms. The lowest BCUT2D eigenvalue weighted by molar-refractivity contribution is -0.143. The lowest BCUT2D eigenvalue weighted by Crippen LogP contribution is -2.41. The monoisotopic (exact) mass is 398 g/mol. The molecule has 0 bridgehead atoms. The zero-order valence-electron chi connectivity index (χ0n) is 15.4. The third-order valence-corrected chi connectivity index (χ3v) is 6.83. The first kappa shape index (κ1) is 20.0. The normalized spacial score (nSPS) is 21.9. The van der Waals surface area contributed by atoms with Gasteiger partial charge in [-0.15, -0.1) is 0 Å². The van der Waals surface area contributed by atoms with Crippen LogP contribution in [0.2, 0.25) is 0 Å². The number of halogens is 1. The van der Waals surface area contributed by atoms with Crippen molar-refractivity contribution in [3.05, 3.63) is 46.8 Å². The second-order valence-electron chi connectivity index (χ2n) is 6.76. The Labute approximate surface area is 158 Å². The quantitative estimate of drug-likeness (QED) is 0.709. The summed E-state index contributed by atoms with van der Waals surface area (Å²) in [4.78, 5) is 12.4. The zero-order valence-corrected chi connectivity index (χ0v) is 16.2. The highest BCUT2D eigenvalue weighted by Gasteiger charge is 2.46. The Balaban J connectivity index is 1.93. The summed E-state index contributed by atoms with van der Waals surface area (Å²) in [7, 11) is -3.85. The summed E-state index contributed by atoms with van der Waals surface area (Å²) in [5.41, 5.74) is 0.783. The molecule has 0 saturated carbocycles. The molecule has 0 N–H and O–H groups in total. The van der Waals surface area contributed by atoms with Crippen LogP contribution in [0.5, 0.6) is 0 Å². The van der Waals surface area contributed by atoms with Crippen molar-refractivity contribution < 1.29 is 31.8 Å². The minimum atomic E-state index is -3.85. The largest absolute Gasteiger partial charge is 0.463 e. The van der Waals surface area contributed by atoms with Crippen LogP contribution in [0.4, 0.5) is 4.39 Å². The van der Waals surface area contributed by atoms with E-state index in [0.717, 1.165) is 0 Å². The predicted molar refractivity (Wildman–Crippen MR) is 96.1 cm³/mol. The molecule has 0 amide bonds. The molecule has 1 aromatic rings. The summed E-state index contributed by atoms with van der Waals surface area (Å²) in [6.07, 6.45) is 1.87. The van der Waals surface area contributed by atoms with Crippen molar-refractivity contribution in [2.75, 3.05) is 19.8 Å². The van der Waals surface area contributed by atoms with Crippen molar-refractivity contribution in [3.63, 3.8) is 0 Å². The molecular formula is C19H23FO6S. The number of ether oxygens (including phenoxy) is 3. The molecule has 1 heterocycles. The van der Waals surface area contributed by atoms with Gasteiger partial charge in [0.15, 0.2) is 15.6 Å². The van der Waals surface area contributed by atoms with Gasteiger partial charge in [-0.2, -0.15) is 0 Å². The molecule has 0 aromatic heterocycles. The second-order valence-corrected chi connectivity index (χ2v) is 8.94. The van der Waals surface area contributed by atoms with Crippen molar-refractivity contribution in [2.45, 2.75) is 43.5 Å². The van der Waals surface area contributed by atoms with Crippen molar-refractivity contribution in [1.29, 1.82) is 0 Å². The Kier molecular flexibility index (Phi) is 5.69. The van der Waals surface area contributed by atoms with Gasteiger partial charge in [-0.05, 0) is 38.0 Å². The maximum atomic E-state index is 14.2. The molecule has 1 aliphatic heterocycles. The number of esters is 1. The van der Waals surface area contributed by atoms with Crippen LogP contribution in [0.3, 0.4) is 0 Å². The minimum absolute atomic E-state index is 0.00230. The fraction of sp³-hybridized carbons (Fsp3) is 0.526. The Morgan fingerprint density at radius 1 is 1.33 bits per heavy atom. The van der Waals surface area contributed by atoms with E-state index in [0.29, 0.717) is 25.2 Å². The van der Waals surface area contributed by atoms with Gasteiger partial charge >= 0.3 is 5.97 Å². The van der Waals surface area contributed by atoms with E-state index >= 15 is 0 Å². The first-order chi connectivity index (χ1) is 12.8. The van der Waals surface area contributed by atoms with Crippen molar-refractivity contribution in [2.24, 2.45) is 0 Å². The molecule has 1 unspecified atom stereocenters. The van der Waals surface area contributed by atoms with Crippen LogP contribution < -0.4 is 0 Å². The molecule has 1 fully saturated rings. The number of hydrogen-bond acceptors (Lipinski definition) is 6. The molecule has 1 aliphatic carbocycles. The number of sulfone groups is 1. The first-order valence-corrected chi connectivity index (χ1v) is 10.6. The van der Waals surface area contributed by atoms with E-state index in [1.54, 1.807) is 19.9 Å². The minimum Gasteiger partial charge on any atom is -0.463 e. The van der Waals surface area contributed by atoms with Gasteiger partial charge in [-0.3, -0.25) is 0 Å². The van der Waals surface area contributed by atoms with Gasteiger partial charge in [0.1, 0.15) is 5.82 Å². The van der Waals surface area contributed by atoms with Gasteiger partial charge in [-0.25, -0.2) is 17.6 Å². The van der Waals surface area contributed by atoms with E-state index in [2.05, 4.69) is 0 Å². The smallest absolute Gasteiger partial charge is 0.335 e. The molecule has 148 valence electrons. The van der Waals surface area contributed by atoms with Crippen LogP contribution in [0, 0.1) is 12.7 Å². The van der Waals surface area contributed by atoms with E-state index in [1.165, 1.54) is 18.2 Å². The molecule has 6 nitrogen and oxygen atoms in total. The lowest BCUT2D eigenvalue weighted by Gasteiger charge is -2.33. The van der Waals surface area contributed by atoms with E-state index in [9.17, 15) is 17.6 Å². The van der Waals surface area contributed by atoms with Crippen LogP contribution in [-0.2, 0) is 34.6 Å². The highest BCUT2D eigenvalue weighted by atomic mass is 32.2. The number of rotatable bonds is 5. The maximum absolute atomic E-state index is 14.2. The third-order valence-electron chi connectivity index (χ3n) is 4.76. The van der Waals surface area contributed by atoms with Crippen molar-refractivity contribution >= 4 is 15.8 Å². The first-order valence-electron chi connectivity index (χ1n) is 8.91. The summed E-state index contributed by atoms with van der Waals surface area (Å²) in [6, 6.07) is 4.42. The number of hydrogen-bond donors (Lipinski definition) is 0. The van der Waals surface area contributed by atoms with Gasteiger partial charge < -0.3 is 14.2 Å². The Morgan fingerprint density at radius 3 is 2.67 bits per heavy atom. The molecule has 1 atom stereocenters. The van der Waals surface area contributed by atoms with Gasteiger partial charge in [0.2, 0.25) is 0 Å². The Bertz CT molecular complexity index is 855. The molecule has 0 radical (unpaired) electrons. The van der Waals surface area contributed by atoms with Crippen LogP contribution in [0.15, 0.2) is 29.8 Å². The maximum Gasteiger partial charge on any atom is 0.335 e. The number of carbonyl (C=O) groups excluding carboxylic acids is 1. The molecule has 3 rings (SSSR count). The van der Waals surface area contributed by atoms with Crippen LogP contribution in [0.1, 0.15) is 30.9 Å². The summed E-state index contributed by atoms with van der Waals surface area (Å²) >= 11 is 0. The van der Waals surface area contributed by atoms with E-state index in [4.69, 9.17) is 14.2 Å². The van der Waals surface area contributed by atoms with E-state index in [1.807, 2.05) is 0 Å². The standard InChI is InChI=1S/C19H23FO6S/c1-3-24-18(21)15-11-19(25-8-9-26-19)7-6-17(15)27(22,23)12-14-5-4-13(2)10-16(14)20/h4-5,10-11,17H,3,6-9,12H2,1-2H3. The predicted octanol–water partition coefficient (Wildman–Crippen LogP) is 2.44. The Hall–Kier alpha value is -1.77. The van der Waals surface area contributed by atoms with Gasteiger partial charge in [-0.1, -0.05) is 12.1 Å². The number of benzene rings is 1. The molecule has 1 saturated heterocycles. The fourth-order valence-corrected chi connectivity index (χ4v) is 5.35. The highest BCUT2D eigenvalue weighted by Crippen LogP contribution is 2.38. The number of carbonyl (C=O) groups is 1. The zero-order chi connectivity index (χ0) is 19.7. The fourth-order valence-electron chi connectivity index (χ4n) is 3.45. The molecular weight excluding hydrogens is 375 g/mol. The summed E-state index contributed by atoms with van der Waals surface area (Å²) in [5.74, 6) is -2.86. The van der Waals surface area contributed by atoms with Gasteiger partial charge in [0, 0.05) is 12.0 Å². The van der Waals surface area contributed by atoms with Crippen molar-refractivity contribution in [1.82, 2.24) is 0 Å². The van der Waals surface area contributed by atoms with Crippen molar-refractivity contribution in [3.8, 4) is 0 Å². The molecule has 1 aromatic carbocycles. The van der Waals surface area contributed by atoms with E-state index < -0.39 is 38.4 Å². The SMILES string of the molecule is CCOC(=O)C1=CC2(CCC1S(=O)(=O)Cc1ccc(C)cc1F)OCCO2. The summed E-state index contributed by atoms with van der Waals surface area (Å²) < 4.78 is 56.4. The summed E-state index contributed by atoms with van der Waals surface area (Å²) in [5, 5.41) is -1.09. The van der Waals surface area contributed by atoms with Crippen LogP contribution in [-0.4, -0.2) is 45.2 Å². The summed E-state index contributed by atoms with van der Waals surface area (Å²) in [6.45, 7) is 4.23. The topological polar surface area (TPSA) is 78.9 Å². The van der Waals surface area contributed by atoms with Crippen LogP contribution in [0.25, 0.3) is 0 Å². The average Bonchev–Trinajstić information content (AvgIpc) is 3.05.